The minimum atomic E-state index is -0.336. The van der Waals surface area contributed by atoms with Gasteiger partial charge in [-0.25, -0.2) is 0 Å². The molecular weight excluding hydrogens is 224 g/mol. The number of rotatable bonds is 2. The number of hydrogen-bond donors (Lipinski definition) is 1. The summed E-state index contributed by atoms with van der Waals surface area (Å²) in [4.78, 5) is 2.34. The molecular formula is C15H18N2O. The molecule has 1 aromatic carbocycles. The predicted octanol–water partition coefficient (Wildman–Crippen LogP) is 1.92. The Balaban J connectivity index is 1.82. The van der Waals surface area contributed by atoms with Gasteiger partial charge in [-0.1, -0.05) is 30.3 Å². The summed E-state index contributed by atoms with van der Waals surface area (Å²) in [6, 6.07) is 13.2. The normalized spacial score (nSPS) is 35.3. The molecule has 2 fully saturated rings. The van der Waals surface area contributed by atoms with E-state index in [9.17, 15) is 10.4 Å². The summed E-state index contributed by atoms with van der Waals surface area (Å²) >= 11 is 0. The maximum absolute atomic E-state index is 10.2. The van der Waals surface area contributed by atoms with Crippen LogP contribution in [-0.2, 0) is 6.54 Å². The smallest absolute Gasteiger partial charge is 0.0709 e. The van der Waals surface area contributed by atoms with E-state index in [-0.39, 0.29) is 18.1 Å². The monoisotopic (exact) mass is 242 g/mol. The first-order chi connectivity index (χ1) is 8.79. The highest BCUT2D eigenvalue weighted by Gasteiger charge is 2.47. The Kier molecular flexibility index (Phi) is 3.07. The van der Waals surface area contributed by atoms with Crippen LogP contribution < -0.4 is 0 Å². The summed E-state index contributed by atoms with van der Waals surface area (Å²) in [5, 5.41) is 19.4. The van der Waals surface area contributed by atoms with E-state index in [4.69, 9.17) is 0 Å². The second-order valence-corrected chi connectivity index (χ2v) is 5.42. The summed E-state index contributed by atoms with van der Waals surface area (Å²) < 4.78 is 0. The van der Waals surface area contributed by atoms with Crippen LogP contribution >= 0.6 is 0 Å². The first-order valence-corrected chi connectivity index (χ1v) is 6.67. The highest BCUT2D eigenvalue weighted by atomic mass is 16.3. The molecule has 2 heterocycles. The third-order valence-corrected chi connectivity index (χ3v) is 4.35. The molecule has 2 aliphatic heterocycles. The molecule has 4 atom stereocenters. The molecule has 0 aliphatic carbocycles. The van der Waals surface area contributed by atoms with Gasteiger partial charge in [-0.05, 0) is 24.8 Å². The molecule has 18 heavy (non-hydrogen) atoms. The van der Waals surface area contributed by atoms with Gasteiger partial charge in [0.15, 0.2) is 0 Å². The number of nitriles is 1. The Morgan fingerprint density at radius 3 is 2.78 bits per heavy atom. The van der Waals surface area contributed by atoms with Crippen LogP contribution in [0, 0.1) is 17.2 Å². The number of nitrogens with zero attached hydrogens (tertiary/aromatic N) is 2. The molecule has 2 aliphatic rings. The van der Waals surface area contributed by atoms with E-state index in [0.717, 1.165) is 25.8 Å². The highest BCUT2D eigenvalue weighted by molar-refractivity contribution is 5.17. The molecule has 0 radical (unpaired) electrons. The van der Waals surface area contributed by atoms with Crippen molar-refractivity contribution in [2.75, 3.05) is 0 Å². The van der Waals surface area contributed by atoms with Gasteiger partial charge in [-0.3, -0.25) is 4.90 Å². The minimum Gasteiger partial charge on any atom is -0.391 e. The van der Waals surface area contributed by atoms with Gasteiger partial charge in [0, 0.05) is 12.6 Å². The van der Waals surface area contributed by atoms with Gasteiger partial charge in [-0.2, -0.15) is 5.26 Å². The zero-order chi connectivity index (χ0) is 12.5. The Hall–Kier alpha value is -1.37. The lowest BCUT2D eigenvalue weighted by molar-refractivity contribution is 0.00315. The van der Waals surface area contributed by atoms with E-state index in [1.165, 1.54) is 5.56 Å². The van der Waals surface area contributed by atoms with Crippen molar-refractivity contribution in [1.29, 1.82) is 5.26 Å². The maximum Gasteiger partial charge on any atom is 0.0709 e. The molecule has 1 aromatic rings. The zero-order valence-electron chi connectivity index (χ0n) is 10.4. The number of aliphatic hydroxyl groups excluding tert-OH is 1. The number of aliphatic hydroxyl groups is 1. The van der Waals surface area contributed by atoms with Crippen molar-refractivity contribution in [3.63, 3.8) is 0 Å². The molecule has 2 bridgehead atoms. The lowest BCUT2D eigenvalue weighted by atomic mass is 9.95. The maximum atomic E-state index is 10.2. The summed E-state index contributed by atoms with van der Waals surface area (Å²) in [5.41, 5.74) is 1.26. The topological polar surface area (TPSA) is 47.3 Å². The summed E-state index contributed by atoms with van der Waals surface area (Å²) in [7, 11) is 0. The van der Waals surface area contributed by atoms with Gasteiger partial charge < -0.3 is 5.11 Å². The van der Waals surface area contributed by atoms with Gasteiger partial charge in [0.2, 0.25) is 0 Å². The standard InChI is InChI=1S/C15H18N2O/c16-9-12-8-13-6-7-14(18)15(12)17(13)10-11-4-2-1-3-5-11/h1-5,12-15,18H,6-8,10H2/t12-,13+,14+,15+/m0/s1. The van der Waals surface area contributed by atoms with Crippen molar-refractivity contribution >= 4 is 0 Å². The van der Waals surface area contributed by atoms with Crippen LogP contribution in [-0.4, -0.2) is 28.2 Å². The fourth-order valence-corrected chi connectivity index (χ4v) is 3.51. The molecule has 1 N–H and O–H groups in total. The van der Waals surface area contributed by atoms with Crippen molar-refractivity contribution in [2.24, 2.45) is 5.92 Å². The van der Waals surface area contributed by atoms with Crippen LogP contribution in [0.5, 0.6) is 0 Å². The fourth-order valence-electron chi connectivity index (χ4n) is 3.51. The largest absolute Gasteiger partial charge is 0.391 e. The van der Waals surface area contributed by atoms with E-state index in [1.807, 2.05) is 18.2 Å². The van der Waals surface area contributed by atoms with Crippen LogP contribution in [0.3, 0.4) is 0 Å². The third-order valence-electron chi connectivity index (χ3n) is 4.35. The van der Waals surface area contributed by atoms with Crippen molar-refractivity contribution < 1.29 is 5.11 Å². The molecule has 3 rings (SSSR count). The fraction of sp³-hybridized carbons (Fsp3) is 0.533. The van der Waals surface area contributed by atoms with E-state index < -0.39 is 0 Å². The van der Waals surface area contributed by atoms with Gasteiger partial charge in [0.05, 0.1) is 24.1 Å². The van der Waals surface area contributed by atoms with Crippen LogP contribution in [0.2, 0.25) is 0 Å². The molecule has 0 unspecified atom stereocenters. The van der Waals surface area contributed by atoms with E-state index in [2.05, 4.69) is 23.1 Å². The first kappa shape index (κ1) is 11.7. The Morgan fingerprint density at radius 2 is 2.06 bits per heavy atom. The Morgan fingerprint density at radius 1 is 1.28 bits per heavy atom. The highest BCUT2D eigenvalue weighted by Crippen LogP contribution is 2.40. The zero-order valence-corrected chi connectivity index (χ0v) is 10.4. The van der Waals surface area contributed by atoms with Crippen molar-refractivity contribution in [3.05, 3.63) is 35.9 Å². The van der Waals surface area contributed by atoms with Crippen LogP contribution in [0.1, 0.15) is 24.8 Å². The van der Waals surface area contributed by atoms with Crippen molar-refractivity contribution in [1.82, 2.24) is 4.90 Å². The van der Waals surface area contributed by atoms with Gasteiger partial charge >= 0.3 is 0 Å². The molecule has 0 aromatic heterocycles. The molecule has 2 saturated heterocycles. The van der Waals surface area contributed by atoms with Gasteiger partial charge in [-0.15, -0.1) is 0 Å². The van der Waals surface area contributed by atoms with E-state index >= 15 is 0 Å². The quantitative estimate of drug-likeness (QED) is 0.862. The lowest BCUT2D eigenvalue weighted by Crippen LogP contribution is -2.48. The molecule has 94 valence electrons. The van der Waals surface area contributed by atoms with E-state index in [0.29, 0.717) is 6.04 Å². The van der Waals surface area contributed by atoms with Gasteiger partial charge in [0.1, 0.15) is 0 Å². The average Bonchev–Trinajstić information content (AvgIpc) is 2.65. The summed E-state index contributed by atoms with van der Waals surface area (Å²) in [5.74, 6) is -0.00351. The predicted molar refractivity (Wildman–Crippen MR) is 68.5 cm³/mol. The number of benzene rings is 1. The number of piperidine rings is 1. The average molecular weight is 242 g/mol. The minimum absolute atomic E-state index is 0.00351. The van der Waals surface area contributed by atoms with Gasteiger partial charge in [0.25, 0.3) is 0 Å². The second kappa shape index (κ2) is 4.72. The molecule has 3 nitrogen and oxygen atoms in total. The lowest BCUT2D eigenvalue weighted by Gasteiger charge is -2.38. The number of hydrogen-bond acceptors (Lipinski definition) is 3. The summed E-state index contributed by atoms with van der Waals surface area (Å²) in [6.07, 6.45) is 2.45. The van der Waals surface area contributed by atoms with E-state index in [1.54, 1.807) is 0 Å². The number of fused-ring (bicyclic) bond motifs is 2. The molecule has 0 saturated carbocycles. The van der Waals surface area contributed by atoms with Crippen molar-refractivity contribution in [2.45, 2.75) is 44.0 Å². The Bertz CT molecular complexity index is 453. The summed E-state index contributed by atoms with van der Waals surface area (Å²) in [6.45, 7) is 0.853. The molecule has 3 heteroatoms. The van der Waals surface area contributed by atoms with Crippen LogP contribution in [0.15, 0.2) is 30.3 Å². The first-order valence-electron chi connectivity index (χ1n) is 6.67. The van der Waals surface area contributed by atoms with Crippen LogP contribution in [0.25, 0.3) is 0 Å². The SMILES string of the molecule is N#C[C@@H]1C[C@H]2CC[C@@H](O)[C@@H]1N2Cc1ccccc1. The molecule has 0 amide bonds. The molecule has 0 spiro atoms. The van der Waals surface area contributed by atoms with Crippen LogP contribution in [0.4, 0.5) is 0 Å². The third kappa shape index (κ3) is 1.92. The Labute approximate surface area is 108 Å². The van der Waals surface area contributed by atoms with Crippen molar-refractivity contribution in [3.8, 4) is 6.07 Å². The second-order valence-electron chi connectivity index (χ2n) is 5.42.